The molecule has 6 N–H and O–H groups in total. The zero-order valence-electron chi connectivity index (χ0n) is 33.0. The van der Waals surface area contributed by atoms with Crippen LogP contribution in [0.25, 0.3) is 0 Å². The molecule has 1 amide bonds. The zero-order chi connectivity index (χ0) is 37.7. The second-order valence-electron chi connectivity index (χ2n) is 14.4. The van der Waals surface area contributed by atoms with Crippen LogP contribution in [-0.2, 0) is 18.4 Å². The van der Waals surface area contributed by atoms with Gasteiger partial charge in [0.05, 0.1) is 37.9 Å². The Kier molecular flexibility index (Phi) is 36.5. The number of phosphoric acid groups is 1. The molecule has 0 saturated heterocycles. The summed E-state index contributed by atoms with van der Waals surface area (Å²) in [4.78, 5) is 22.7. The predicted molar refractivity (Wildman–Crippen MR) is 214 cm³/mol. The second kappa shape index (κ2) is 37.3. The van der Waals surface area contributed by atoms with Gasteiger partial charge in [0.1, 0.15) is 0 Å². The molecule has 0 aromatic heterocycles. The average molecular weight is 745 g/mol. The fourth-order valence-electron chi connectivity index (χ4n) is 6.10. The number of nitrogens with two attached hydrogens (primary N) is 1. The summed E-state index contributed by atoms with van der Waals surface area (Å²) in [5, 5.41) is 23.9. The van der Waals surface area contributed by atoms with E-state index < -0.39 is 38.6 Å². The van der Waals surface area contributed by atoms with Crippen molar-refractivity contribution in [3.8, 4) is 0 Å². The molecule has 0 bridgehead atoms. The lowest BCUT2D eigenvalue weighted by atomic mass is 10.0. The van der Waals surface area contributed by atoms with Gasteiger partial charge in [-0.25, -0.2) is 4.57 Å². The van der Waals surface area contributed by atoms with E-state index in [1.54, 1.807) is 6.08 Å². The largest absolute Gasteiger partial charge is 0.472 e. The van der Waals surface area contributed by atoms with Crippen LogP contribution in [0.15, 0.2) is 24.3 Å². The number of aliphatic hydroxyl groups is 2. The van der Waals surface area contributed by atoms with Crippen molar-refractivity contribution >= 4 is 13.7 Å². The first kappa shape index (κ1) is 49.9. The number of phosphoric ester groups is 1. The summed E-state index contributed by atoms with van der Waals surface area (Å²) in [6, 6.07) is -0.984. The summed E-state index contributed by atoms with van der Waals surface area (Å²) in [7, 11) is -4.40. The van der Waals surface area contributed by atoms with E-state index in [4.69, 9.17) is 14.8 Å². The van der Waals surface area contributed by atoms with Gasteiger partial charge in [0, 0.05) is 6.54 Å². The number of hydrogen-bond donors (Lipinski definition) is 5. The Balaban J connectivity index is 4.29. The van der Waals surface area contributed by atoms with Crippen molar-refractivity contribution in [2.24, 2.45) is 5.73 Å². The number of aliphatic hydroxyl groups excluding tert-OH is 2. The lowest BCUT2D eigenvalue weighted by Gasteiger charge is -2.24. The average Bonchev–Trinajstić information content (AvgIpc) is 3.10. The number of carbonyl (C=O) groups is 1. The monoisotopic (exact) mass is 745 g/mol. The number of unbranched alkanes of at least 4 members (excludes halogenated alkanes) is 23. The molecule has 0 spiro atoms. The minimum absolute atomic E-state index is 0.0480. The van der Waals surface area contributed by atoms with E-state index in [2.05, 4.69) is 31.3 Å². The molecule has 302 valence electrons. The maximum atomic E-state index is 12.7. The summed E-state index contributed by atoms with van der Waals surface area (Å²) >= 11 is 0. The molecular weight excluding hydrogens is 663 g/mol. The van der Waals surface area contributed by atoms with Crippen LogP contribution in [0.3, 0.4) is 0 Å². The predicted octanol–water partition coefficient (Wildman–Crippen LogP) is 10.4. The van der Waals surface area contributed by atoms with Gasteiger partial charge in [-0.2, -0.15) is 0 Å². The van der Waals surface area contributed by atoms with Crippen molar-refractivity contribution in [2.45, 2.75) is 212 Å². The second-order valence-corrected chi connectivity index (χ2v) is 15.8. The highest BCUT2D eigenvalue weighted by molar-refractivity contribution is 7.47. The molecule has 9 nitrogen and oxygen atoms in total. The van der Waals surface area contributed by atoms with Crippen molar-refractivity contribution in [3.63, 3.8) is 0 Å². The van der Waals surface area contributed by atoms with Crippen LogP contribution in [0.4, 0.5) is 0 Å². The standard InChI is InChI=1S/C41H81N2O7P/c1-3-5-7-9-11-13-14-15-16-17-18-19-20-21-22-23-25-27-29-31-33-40(45)39(37-50-51(47,48)49-35-34-42)43-41(46)36-38(44)32-30-28-26-24-12-10-8-6-4-2/h10,12,31,33,38-40,44-45H,3-9,11,13-30,32,34-37,42H2,1-2H3,(H,43,46)(H,47,48)/b12-10-,33-31+. The van der Waals surface area contributed by atoms with Gasteiger partial charge in [-0.3, -0.25) is 13.8 Å². The minimum atomic E-state index is -4.40. The molecule has 0 heterocycles. The number of rotatable bonds is 39. The Labute approximate surface area is 313 Å². The molecule has 0 aliphatic rings. The van der Waals surface area contributed by atoms with Crippen LogP contribution < -0.4 is 11.1 Å². The van der Waals surface area contributed by atoms with Crippen LogP contribution >= 0.6 is 7.82 Å². The smallest absolute Gasteiger partial charge is 0.393 e. The van der Waals surface area contributed by atoms with Crippen LogP contribution in [0.5, 0.6) is 0 Å². The molecule has 0 aliphatic carbocycles. The third-order valence-electron chi connectivity index (χ3n) is 9.33. The van der Waals surface area contributed by atoms with Gasteiger partial charge in [0.25, 0.3) is 0 Å². The van der Waals surface area contributed by atoms with Crippen molar-refractivity contribution in [3.05, 3.63) is 24.3 Å². The number of allylic oxidation sites excluding steroid dienone is 3. The number of nitrogens with one attached hydrogen (secondary N) is 1. The Morgan fingerprint density at radius 1 is 0.667 bits per heavy atom. The quantitative estimate of drug-likeness (QED) is 0.0237. The van der Waals surface area contributed by atoms with Crippen LogP contribution in [0.2, 0.25) is 0 Å². The third-order valence-corrected chi connectivity index (χ3v) is 10.3. The topological polar surface area (TPSA) is 151 Å². The Morgan fingerprint density at radius 3 is 1.63 bits per heavy atom. The van der Waals surface area contributed by atoms with E-state index in [1.807, 2.05) is 6.08 Å². The van der Waals surface area contributed by atoms with Crippen molar-refractivity contribution in [1.29, 1.82) is 0 Å². The normalized spacial score (nSPS) is 15.0. The molecule has 10 heteroatoms. The Morgan fingerprint density at radius 2 is 1.12 bits per heavy atom. The summed E-state index contributed by atoms with van der Waals surface area (Å²) in [6.45, 7) is 3.91. The van der Waals surface area contributed by atoms with Gasteiger partial charge in [0.15, 0.2) is 0 Å². The summed E-state index contributed by atoms with van der Waals surface area (Å²) in [5.74, 6) is -0.457. The van der Waals surface area contributed by atoms with Gasteiger partial charge in [-0.05, 0) is 38.5 Å². The lowest BCUT2D eigenvalue weighted by molar-refractivity contribution is -0.124. The molecule has 0 radical (unpaired) electrons. The van der Waals surface area contributed by atoms with E-state index in [0.717, 1.165) is 51.4 Å². The molecule has 0 aliphatic heterocycles. The molecule has 0 saturated carbocycles. The fourth-order valence-corrected chi connectivity index (χ4v) is 6.86. The molecular formula is C41H81N2O7P. The first-order valence-electron chi connectivity index (χ1n) is 21.0. The van der Waals surface area contributed by atoms with Gasteiger partial charge in [-0.1, -0.05) is 173 Å². The molecule has 0 aromatic rings. The van der Waals surface area contributed by atoms with E-state index in [9.17, 15) is 24.5 Å². The third kappa shape index (κ3) is 35.7. The number of carbonyl (C=O) groups excluding carboxylic acids is 1. The van der Waals surface area contributed by atoms with Gasteiger partial charge >= 0.3 is 7.82 Å². The molecule has 4 unspecified atom stereocenters. The number of amides is 1. The first-order chi connectivity index (χ1) is 24.8. The lowest BCUT2D eigenvalue weighted by Crippen LogP contribution is -2.46. The molecule has 0 rings (SSSR count). The highest BCUT2D eigenvalue weighted by atomic mass is 31.2. The van der Waals surface area contributed by atoms with Crippen molar-refractivity contribution < 1.29 is 33.5 Å². The van der Waals surface area contributed by atoms with Gasteiger partial charge in [-0.15, -0.1) is 0 Å². The maximum absolute atomic E-state index is 12.7. The van der Waals surface area contributed by atoms with Gasteiger partial charge < -0.3 is 26.2 Å². The zero-order valence-corrected chi connectivity index (χ0v) is 33.9. The van der Waals surface area contributed by atoms with Crippen LogP contribution in [0, 0.1) is 0 Å². The highest BCUT2D eigenvalue weighted by Gasteiger charge is 2.27. The van der Waals surface area contributed by atoms with E-state index in [1.165, 1.54) is 116 Å². The SMILES string of the molecule is CCCC/C=C\CCCCCC(O)CC(=O)NC(COP(=O)(O)OCCN)C(O)/C=C/CCCCCCCCCCCCCCCCCCCC. The van der Waals surface area contributed by atoms with Crippen molar-refractivity contribution in [2.75, 3.05) is 19.8 Å². The molecule has 0 aromatic carbocycles. The summed E-state index contributed by atoms with van der Waals surface area (Å²) in [5.41, 5.74) is 5.35. The summed E-state index contributed by atoms with van der Waals surface area (Å²) in [6.07, 6.45) is 38.5. The highest BCUT2D eigenvalue weighted by Crippen LogP contribution is 2.43. The fraction of sp³-hybridized carbons (Fsp3) is 0.878. The van der Waals surface area contributed by atoms with E-state index >= 15 is 0 Å². The molecule has 4 atom stereocenters. The van der Waals surface area contributed by atoms with Crippen LogP contribution in [-0.4, -0.2) is 59.0 Å². The molecule has 0 fully saturated rings. The van der Waals surface area contributed by atoms with E-state index in [-0.39, 0.29) is 19.6 Å². The Bertz CT molecular complexity index is 873. The van der Waals surface area contributed by atoms with Gasteiger partial charge in [0.2, 0.25) is 5.91 Å². The molecule has 51 heavy (non-hydrogen) atoms. The van der Waals surface area contributed by atoms with Crippen molar-refractivity contribution in [1.82, 2.24) is 5.32 Å². The first-order valence-corrected chi connectivity index (χ1v) is 22.5. The van der Waals surface area contributed by atoms with E-state index in [0.29, 0.717) is 6.42 Å². The van der Waals surface area contributed by atoms with Crippen LogP contribution in [0.1, 0.15) is 194 Å². The maximum Gasteiger partial charge on any atom is 0.472 e. The summed E-state index contributed by atoms with van der Waals surface area (Å²) < 4.78 is 22.0. The minimum Gasteiger partial charge on any atom is -0.393 e. The number of hydrogen-bond acceptors (Lipinski definition) is 7. The Hall–Kier alpha value is -1.06.